The van der Waals surface area contributed by atoms with E-state index in [9.17, 15) is 0 Å². The molecule has 0 unspecified atom stereocenters. The van der Waals surface area contributed by atoms with Crippen LogP contribution in [0.1, 0.15) is 0 Å². The van der Waals surface area contributed by atoms with Crippen LogP contribution in [0.4, 0.5) is 0 Å². The van der Waals surface area contributed by atoms with Gasteiger partial charge in [0.15, 0.2) is 0 Å². The van der Waals surface area contributed by atoms with Crippen molar-refractivity contribution in [1.29, 1.82) is 0 Å². The lowest BCUT2D eigenvalue weighted by molar-refractivity contribution is 0.824. The molecule has 0 bridgehead atoms. The molecule has 13 heavy (non-hydrogen) atoms. The number of nitrogens with one attached hydrogen (secondary N) is 1. The van der Waals surface area contributed by atoms with Crippen LogP contribution in [-0.4, -0.2) is 10.5 Å². The van der Waals surface area contributed by atoms with Crippen LogP contribution in [-0.2, 0) is 0 Å². The summed E-state index contributed by atoms with van der Waals surface area (Å²) in [5.74, 6) is 8.00. The van der Waals surface area contributed by atoms with Crippen molar-refractivity contribution in [2.24, 2.45) is 11.7 Å². The Labute approximate surface area is 81.5 Å². The van der Waals surface area contributed by atoms with Gasteiger partial charge >= 0.3 is 0 Å². The predicted octanol–water partition coefficient (Wildman–Crippen LogP) is 0.757. The number of aromatic amines is 1. The Morgan fingerprint density at radius 2 is 1.31 bits per heavy atom. The van der Waals surface area contributed by atoms with E-state index >= 15 is 0 Å². The molecule has 74 valence electrons. The molecule has 2 aromatic rings. The average molecular weight is 201 g/mol. The van der Waals surface area contributed by atoms with Crippen LogP contribution in [0.2, 0.25) is 0 Å². The molecule has 0 aromatic carbocycles. The Morgan fingerprint density at radius 1 is 0.846 bits per heavy atom. The van der Waals surface area contributed by atoms with E-state index < -0.39 is 0 Å². The highest BCUT2D eigenvalue weighted by molar-refractivity contribution is 7.07. The molecular weight excluding hydrogens is 186 g/mol. The molecule has 0 aliphatic carbocycles. The summed E-state index contributed by atoms with van der Waals surface area (Å²) >= 11 is 1.71. The topological polar surface area (TPSA) is 99.3 Å². The molecule has 0 aliphatic heterocycles. The second kappa shape index (κ2) is 13.4. The maximum atomic E-state index is 4.00. The van der Waals surface area contributed by atoms with Crippen molar-refractivity contribution in [1.82, 2.24) is 4.98 Å². The van der Waals surface area contributed by atoms with Crippen molar-refractivity contribution in [2.45, 2.75) is 0 Å². The van der Waals surface area contributed by atoms with Crippen molar-refractivity contribution < 1.29 is 5.48 Å². The molecule has 0 fully saturated rings. The van der Waals surface area contributed by atoms with E-state index in [1.165, 1.54) is 0 Å². The molecule has 0 aliphatic rings. The molecular formula is C8H15N3OS. The van der Waals surface area contributed by atoms with E-state index in [2.05, 4.69) is 16.7 Å². The van der Waals surface area contributed by atoms with Crippen molar-refractivity contribution in [3.63, 3.8) is 0 Å². The Morgan fingerprint density at radius 3 is 1.46 bits per heavy atom. The lowest BCUT2D eigenvalue weighted by Gasteiger charge is -1.49. The number of nitrogens with two attached hydrogens (primary N) is 2. The highest BCUT2D eigenvalue weighted by Crippen LogP contribution is 1.91. The third kappa shape index (κ3) is 10.9. The smallest absolute Gasteiger partial charge is 0.000496 e. The van der Waals surface area contributed by atoms with Gasteiger partial charge < -0.3 is 10.5 Å². The van der Waals surface area contributed by atoms with Crippen molar-refractivity contribution in [2.75, 3.05) is 0 Å². The van der Waals surface area contributed by atoms with Gasteiger partial charge in [0.25, 0.3) is 0 Å². The van der Waals surface area contributed by atoms with Crippen molar-refractivity contribution in [3.8, 4) is 0 Å². The van der Waals surface area contributed by atoms with Crippen LogP contribution in [0.5, 0.6) is 0 Å². The van der Waals surface area contributed by atoms with E-state index in [0.717, 1.165) is 0 Å². The highest BCUT2D eigenvalue weighted by Gasteiger charge is 1.58. The number of hydrogen-bond acceptors (Lipinski definition) is 3. The van der Waals surface area contributed by atoms with E-state index in [4.69, 9.17) is 0 Å². The molecule has 2 heterocycles. The number of H-pyrrole nitrogens is 1. The van der Waals surface area contributed by atoms with Crippen molar-refractivity contribution in [3.05, 3.63) is 47.4 Å². The molecule has 2 rings (SSSR count). The minimum absolute atomic E-state index is 0. The van der Waals surface area contributed by atoms with Crippen LogP contribution < -0.4 is 11.7 Å². The summed E-state index contributed by atoms with van der Waals surface area (Å²) in [6.07, 6.45) is 3.75. The van der Waals surface area contributed by atoms with Crippen LogP contribution in [0.25, 0.3) is 0 Å². The van der Waals surface area contributed by atoms with Crippen LogP contribution in [0.15, 0.2) is 47.4 Å². The number of hydrogen-bond donors (Lipinski definition) is 3. The second-order valence-electron chi connectivity index (χ2n) is 1.68. The summed E-state index contributed by atoms with van der Waals surface area (Å²) in [6, 6.07) is 7.93. The highest BCUT2D eigenvalue weighted by atomic mass is 32.1. The monoisotopic (exact) mass is 201 g/mol. The third-order valence-electron chi connectivity index (χ3n) is 0.921. The molecule has 0 radical (unpaired) electrons. The Balaban J connectivity index is 0. The third-order valence-corrected chi connectivity index (χ3v) is 1.55. The van der Waals surface area contributed by atoms with Gasteiger partial charge in [-0.3, -0.25) is 11.7 Å². The fourth-order valence-electron chi connectivity index (χ4n) is 0.505. The van der Waals surface area contributed by atoms with Gasteiger partial charge in [-0.1, -0.05) is 12.1 Å². The molecule has 5 heteroatoms. The van der Waals surface area contributed by atoms with Gasteiger partial charge in [0.2, 0.25) is 0 Å². The molecule has 4 nitrogen and oxygen atoms in total. The number of hydrazine groups is 1. The standard InChI is InChI=1S/C4H5N.C4H4S.H4N2.H2O/c2*1-2-4-5-3-1;1-2;/h1-5H;1-4H;1-2H2;1H2. The normalized spacial score (nSPS) is 6.62. The van der Waals surface area contributed by atoms with E-state index in [-0.39, 0.29) is 5.48 Å². The van der Waals surface area contributed by atoms with Crippen molar-refractivity contribution >= 4 is 11.3 Å². The summed E-state index contributed by atoms with van der Waals surface area (Å²) in [4.78, 5) is 2.86. The second-order valence-corrected chi connectivity index (χ2v) is 2.49. The quantitative estimate of drug-likeness (QED) is 0.433. The van der Waals surface area contributed by atoms with Crippen LogP contribution in [0, 0.1) is 0 Å². The maximum absolute atomic E-state index is 4.00. The Hall–Kier alpha value is -1.14. The fourth-order valence-corrected chi connectivity index (χ4v) is 0.958. The zero-order valence-corrected chi connectivity index (χ0v) is 8.00. The molecule has 0 amide bonds. The predicted molar refractivity (Wildman–Crippen MR) is 57.1 cm³/mol. The molecule has 0 spiro atoms. The summed E-state index contributed by atoms with van der Waals surface area (Å²) < 4.78 is 0. The van der Waals surface area contributed by atoms with E-state index in [1.54, 1.807) is 11.3 Å². The van der Waals surface area contributed by atoms with Gasteiger partial charge in [-0.05, 0) is 22.9 Å². The zero-order valence-electron chi connectivity index (χ0n) is 7.18. The van der Waals surface area contributed by atoms with Gasteiger partial charge in [0.1, 0.15) is 0 Å². The number of aromatic nitrogens is 1. The largest absolute Gasteiger partial charge is 0.412 e. The lowest BCUT2D eigenvalue weighted by Crippen LogP contribution is -2.02. The van der Waals surface area contributed by atoms with Gasteiger partial charge in [-0.15, -0.1) is 0 Å². The molecule has 7 N–H and O–H groups in total. The SMILES string of the molecule is NN.O.c1cc[nH]c1.c1ccsc1. The Kier molecular flexibility index (Phi) is 14.9. The lowest BCUT2D eigenvalue weighted by atomic mass is 10.7. The van der Waals surface area contributed by atoms with Crippen LogP contribution in [0.3, 0.4) is 0 Å². The first-order valence-corrected chi connectivity index (χ1v) is 4.32. The van der Waals surface area contributed by atoms with Gasteiger partial charge in [0.05, 0.1) is 0 Å². The molecule has 0 saturated heterocycles. The fraction of sp³-hybridized carbons (Fsp3) is 0. The summed E-state index contributed by atoms with van der Waals surface area (Å²) in [5.41, 5.74) is 0. The number of rotatable bonds is 0. The average Bonchev–Trinajstić information content (AvgIpc) is 2.87. The first-order valence-electron chi connectivity index (χ1n) is 3.38. The molecule has 0 atom stereocenters. The molecule has 2 aromatic heterocycles. The first-order chi connectivity index (χ1) is 6.00. The minimum Gasteiger partial charge on any atom is -0.412 e. The summed E-state index contributed by atoms with van der Waals surface area (Å²) in [7, 11) is 0. The van der Waals surface area contributed by atoms with Gasteiger partial charge in [-0.2, -0.15) is 11.3 Å². The zero-order chi connectivity index (χ0) is 9.07. The maximum Gasteiger partial charge on any atom is 0.000496 e. The van der Waals surface area contributed by atoms with E-state index in [1.807, 2.05) is 47.4 Å². The first kappa shape index (κ1) is 14.4. The van der Waals surface area contributed by atoms with Gasteiger partial charge in [0, 0.05) is 12.4 Å². The molecule has 0 saturated carbocycles. The van der Waals surface area contributed by atoms with Crippen LogP contribution >= 0.6 is 11.3 Å². The van der Waals surface area contributed by atoms with Gasteiger partial charge in [-0.25, -0.2) is 0 Å². The minimum atomic E-state index is 0. The summed E-state index contributed by atoms with van der Waals surface area (Å²) in [5, 5.41) is 4.08. The Bertz CT molecular complexity index is 159. The van der Waals surface area contributed by atoms with E-state index in [0.29, 0.717) is 0 Å². The number of thiophene rings is 1. The summed E-state index contributed by atoms with van der Waals surface area (Å²) in [6.45, 7) is 0.